The molecule has 0 bridgehead atoms. The van der Waals surface area contributed by atoms with Crippen molar-refractivity contribution in [2.24, 2.45) is 5.14 Å². The van der Waals surface area contributed by atoms with Gasteiger partial charge in [-0.15, -0.1) is 0 Å². The van der Waals surface area contributed by atoms with Crippen LogP contribution in [0.1, 0.15) is 6.42 Å². The zero-order valence-corrected chi connectivity index (χ0v) is 10.8. The fourth-order valence-electron chi connectivity index (χ4n) is 1.55. The summed E-state index contributed by atoms with van der Waals surface area (Å²) in [6.07, 6.45) is 0.502. The molecule has 1 aliphatic rings. The van der Waals surface area contributed by atoms with Crippen LogP contribution in [0.3, 0.4) is 0 Å². The topological polar surface area (TPSA) is 91.1 Å². The number of nitrogens with zero attached hydrogens (tertiary/aromatic N) is 1. The molecule has 0 spiro atoms. The van der Waals surface area contributed by atoms with Crippen LogP contribution in [-0.2, 0) is 24.4 Å². The zero-order chi connectivity index (χ0) is 12.7. The molecule has 1 fully saturated rings. The van der Waals surface area contributed by atoms with E-state index in [1.165, 1.54) is 4.31 Å². The van der Waals surface area contributed by atoms with Crippen LogP contribution in [0.15, 0.2) is 0 Å². The Morgan fingerprint density at radius 2 is 2.18 bits per heavy atom. The van der Waals surface area contributed by atoms with Gasteiger partial charge in [0.25, 0.3) is 10.2 Å². The van der Waals surface area contributed by atoms with Gasteiger partial charge in [-0.2, -0.15) is 12.7 Å². The Bertz CT molecular complexity index is 309. The average molecular weight is 268 g/mol. The number of nitrogens with two attached hydrogens (primary N) is 1. The van der Waals surface area contributed by atoms with Crippen LogP contribution in [0.4, 0.5) is 0 Å². The van der Waals surface area contributed by atoms with E-state index in [1.54, 1.807) is 7.11 Å². The Morgan fingerprint density at radius 1 is 1.41 bits per heavy atom. The van der Waals surface area contributed by atoms with Crippen LogP contribution in [0.5, 0.6) is 0 Å². The first kappa shape index (κ1) is 14.8. The molecule has 0 amide bonds. The minimum absolute atomic E-state index is 0.0846. The minimum Gasteiger partial charge on any atom is -0.382 e. The Hall–Kier alpha value is -0.250. The molecule has 2 N–H and O–H groups in total. The summed E-state index contributed by atoms with van der Waals surface area (Å²) in [6.45, 7) is 2.51. The van der Waals surface area contributed by atoms with Gasteiger partial charge in [0.15, 0.2) is 0 Å². The summed E-state index contributed by atoms with van der Waals surface area (Å²) < 4.78 is 39.2. The third kappa shape index (κ3) is 5.75. The van der Waals surface area contributed by atoms with E-state index < -0.39 is 10.2 Å². The Morgan fingerprint density at radius 3 is 2.82 bits per heavy atom. The van der Waals surface area contributed by atoms with Crippen molar-refractivity contribution in [3.63, 3.8) is 0 Å². The maximum atomic E-state index is 11.1. The molecule has 1 atom stereocenters. The first-order valence-electron chi connectivity index (χ1n) is 5.50. The highest BCUT2D eigenvalue weighted by Crippen LogP contribution is 2.09. The van der Waals surface area contributed by atoms with E-state index in [1.807, 2.05) is 0 Å². The highest BCUT2D eigenvalue weighted by Gasteiger charge is 2.23. The van der Waals surface area contributed by atoms with Crippen molar-refractivity contribution in [1.82, 2.24) is 4.31 Å². The molecule has 102 valence electrons. The van der Waals surface area contributed by atoms with E-state index in [0.717, 1.165) is 0 Å². The molecule has 0 saturated carbocycles. The van der Waals surface area contributed by atoms with Crippen LogP contribution < -0.4 is 5.14 Å². The van der Waals surface area contributed by atoms with Crippen LogP contribution in [0, 0.1) is 0 Å². The zero-order valence-electron chi connectivity index (χ0n) is 10.0. The van der Waals surface area contributed by atoms with E-state index in [4.69, 9.17) is 19.3 Å². The fraction of sp³-hybridized carbons (Fsp3) is 1.00. The number of hydrogen-bond donors (Lipinski definition) is 1. The standard InChI is InChI=1S/C9H20N2O5S/c1-14-6-7-15-8-9-2-3-11(4-5-16-9)17(10,12)13/h9H,2-8H2,1H3,(H2,10,12,13)/t9-/m0/s1. The lowest BCUT2D eigenvalue weighted by Gasteiger charge is -2.16. The molecule has 0 aromatic carbocycles. The van der Waals surface area contributed by atoms with Crippen molar-refractivity contribution < 1.29 is 22.6 Å². The quantitative estimate of drug-likeness (QED) is 0.620. The van der Waals surface area contributed by atoms with Gasteiger partial charge in [0.2, 0.25) is 0 Å². The first-order valence-corrected chi connectivity index (χ1v) is 7.00. The predicted octanol–water partition coefficient (Wildman–Crippen LogP) is -1.06. The summed E-state index contributed by atoms with van der Waals surface area (Å²) in [5, 5.41) is 5.06. The second-order valence-electron chi connectivity index (χ2n) is 3.79. The lowest BCUT2D eigenvalue weighted by Crippen LogP contribution is -2.38. The van der Waals surface area contributed by atoms with Crippen molar-refractivity contribution in [2.75, 3.05) is 46.6 Å². The molecular formula is C9H20N2O5S. The average Bonchev–Trinajstić information content (AvgIpc) is 2.49. The third-order valence-electron chi connectivity index (χ3n) is 2.49. The predicted molar refractivity (Wildman–Crippen MR) is 61.7 cm³/mol. The smallest absolute Gasteiger partial charge is 0.276 e. The van der Waals surface area contributed by atoms with Gasteiger partial charge in [0.05, 0.1) is 32.5 Å². The summed E-state index contributed by atoms with van der Waals surface area (Å²) in [5.41, 5.74) is 0. The molecule has 8 heteroatoms. The third-order valence-corrected chi connectivity index (χ3v) is 3.58. The van der Waals surface area contributed by atoms with Gasteiger partial charge >= 0.3 is 0 Å². The van der Waals surface area contributed by atoms with Crippen molar-refractivity contribution in [1.29, 1.82) is 0 Å². The van der Waals surface area contributed by atoms with Crippen molar-refractivity contribution in [3.8, 4) is 0 Å². The highest BCUT2D eigenvalue weighted by molar-refractivity contribution is 7.86. The summed E-state index contributed by atoms with van der Waals surface area (Å²) >= 11 is 0. The fourth-order valence-corrected chi connectivity index (χ4v) is 2.24. The second kappa shape index (κ2) is 7.24. The molecule has 1 aliphatic heterocycles. The van der Waals surface area contributed by atoms with Gasteiger partial charge in [-0.1, -0.05) is 0 Å². The Balaban J connectivity index is 2.28. The molecule has 0 aromatic rings. The van der Waals surface area contributed by atoms with Gasteiger partial charge in [-0.05, 0) is 6.42 Å². The number of rotatable bonds is 6. The number of hydrogen-bond acceptors (Lipinski definition) is 5. The van der Waals surface area contributed by atoms with Gasteiger partial charge in [0.1, 0.15) is 0 Å². The lowest BCUT2D eigenvalue weighted by molar-refractivity contribution is -0.0218. The van der Waals surface area contributed by atoms with E-state index in [0.29, 0.717) is 45.9 Å². The highest BCUT2D eigenvalue weighted by atomic mass is 32.2. The monoisotopic (exact) mass is 268 g/mol. The number of methoxy groups -OCH3 is 1. The normalized spacial score (nSPS) is 23.5. The van der Waals surface area contributed by atoms with Gasteiger partial charge < -0.3 is 14.2 Å². The van der Waals surface area contributed by atoms with Crippen molar-refractivity contribution >= 4 is 10.2 Å². The molecule has 17 heavy (non-hydrogen) atoms. The van der Waals surface area contributed by atoms with E-state index in [-0.39, 0.29) is 6.10 Å². The molecular weight excluding hydrogens is 248 g/mol. The maximum absolute atomic E-state index is 11.1. The summed E-state index contributed by atoms with van der Waals surface area (Å²) in [5.74, 6) is 0. The Kier molecular flexibility index (Phi) is 6.31. The molecule has 0 unspecified atom stereocenters. The van der Waals surface area contributed by atoms with E-state index in [2.05, 4.69) is 0 Å². The molecule has 1 saturated heterocycles. The second-order valence-corrected chi connectivity index (χ2v) is 5.34. The van der Waals surface area contributed by atoms with Gasteiger partial charge in [-0.3, -0.25) is 0 Å². The summed E-state index contributed by atoms with van der Waals surface area (Å²) in [4.78, 5) is 0. The van der Waals surface area contributed by atoms with Crippen molar-refractivity contribution in [2.45, 2.75) is 12.5 Å². The molecule has 0 aromatic heterocycles. The molecule has 1 rings (SSSR count). The molecule has 0 aliphatic carbocycles. The van der Waals surface area contributed by atoms with Crippen LogP contribution in [0.25, 0.3) is 0 Å². The summed E-state index contributed by atoms with van der Waals surface area (Å²) in [6, 6.07) is 0. The van der Waals surface area contributed by atoms with Crippen LogP contribution in [-0.4, -0.2) is 65.5 Å². The molecule has 0 radical (unpaired) electrons. The SMILES string of the molecule is COCCOC[C@@H]1CCN(S(N)(=O)=O)CCO1. The van der Waals surface area contributed by atoms with E-state index >= 15 is 0 Å². The largest absolute Gasteiger partial charge is 0.382 e. The van der Waals surface area contributed by atoms with Crippen molar-refractivity contribution in [3.05, 3.63) is 0 Å². The number of ether oxygens (including phenoxy) is 3. The summed E-state index contributed by atoms with van der Waals surface area (Å²) in [7, 11) is -2.00. The Labute approximate surface area is 102 Å². The molecule has 1 heterocycles. The van der Waals surface area contributed by atoms with Crippen LogP contribution >= 0.6 is 0 Å². The maximum Gasteiger partial charge on any atom is 0.276 e. The van der Waals surface area contributed by atoms with E-state index in [9.17, 15) is 8.42 Å². The first-order chi connectivity index (χ1) is 8.04. The minimum atomic E-state index is -3.61. The van der Waals surface area contributed by atoms with Gasteiger partial charge in [0, 0.05) is 20.2 Å². The molecule has 7 nitrogen and oxygen atoms in total. The van der Waals surface area contributed by atoms with Gasteiger partial charge in [-0.25, -0.2) is 5.14 Å². The lowest BCUT2D eigenvalue weighted by atomic mass is 10.3. The van der Waals surface area contributed by atoms with Crippen LogP contribution in [0.2, 0.25) is 0 Å².